The number of thiazole rings is 2. The number of hydrogen-bond acceptors (Lipinski definition) is 7. The molecular formula is C13H13ClN2O4S2. The van der Waals surface area contributed by atoms with Crippen molar-refractivity contribution in [3.8, 4) is 5.69 Å². The van der Waals surface area contributed by atoms with Gasteiger partial charge in [-0.05, 0) is 13.0 Å². The lowest BCUT2D eigenvalue weighted by Gasteiger charge is -2.17. The van der Waals surface area contributed by atoms with Crippen LogP contribution in [0, 0.1) is 31.0 Å². The Morgan fingerprint density at radius 2 is 1.73 bits per heavy atom. The Morgan fingerprint density at radius 1 is 1.09 bits per heavy atom. The van der Waals surface area contributed by atoms with Crippen molar-refractivity contribution < 1.29 is 33.4 Å². The summed E-state index contributed by atoms with van der Waals surface area (Å²) < 4.78 is 37.5. The van der Waals surface area contributed by atoms with Crippen molar-refractivity contribution in [3.05, 3.63) is 39.3 Å². The van der Waals surface area contributed by atoms with E-state index in [1.165, 1.54) is 21.1 Å². The SMILES string of the molecule is Cc1nc2ccc(-[n+]3c(C)csc3C)cc2s1.[O-][Cl+3]([O-])([O-])[O-]. The van der Waals surface area contributed by atoms with Gasteiger partial charge in [-0.15, -0.1) is 21.6 Å². The number of rotatable bonds is 1. The van der Waals surface area contributed by atoms with Crippen molar-refractivity contribution in [3.63, 3.8) is 0 Å². The molecule has 0 atom stereocenters. The van der Waals surface area contributed by atoms with E-state index < -0.39 is 10.2 Å². The fraction of sp³-hybridized carbons (Fsp3) is 0.231. The Balaban J connectivity index is 0.000000309. The highest BCUT2D eigenvalue weighted by Gasteiger charge is 2.17. The first-order chi connectivity index (χ1) is 10.1. The molecule has 0 fully saturated rings. The molecule has 0 radical (unpaired) electrons. The number of fused-ring (bicyclic) bond motifs is 1. The van der Waals surface area contributed by atoms with Gasteiger partial charge in [0.1, 0.15) is 0 Å². The fourth-order valence-corrected chi connectivity index (χ4v) is 3.74. The van der Waals surface area contributed by atoms with E-state index in [9.17, 15) is 0 Å². The molecule has 0 aliphatic heterocycles. The number of aromatic nitrogens is 2. The van der Waals surface area contributed by atoms with Gasteiger partial charge in [0.2, 0.25) is 10.7 Å². The van der Waals surface area contributed by atoms with Gasteiger partial charge in [0.05, 0.1) is 20.6 Å². The van der Waals surface area contributed by atoms with Gasteiger partial charge in [0.15, 0.2) is 5.69 Å². The van der Waals surface area contributed by atoms with Crippen molar-refractivity contribution in [2.75, 3.05) is 0 Å². The predicted molar refractivity (Wildman–Crippen MR) is 73.2 cm³/mol. The molecule has 0 unspecified atom stereocenters. The van der Waals surface area contributed by atoms with E-state index in [4.69, 9.17) is 18.6 Å². The van der Waals surface area contributed by atoms with Crippen LogP contribution < -0.4 is 23.2 Å². The Labute approximate surface area is 137 Å². The fourth-order valence-electron chi connectivity index (χ4n) is 2.08. The normalized spacial score (nSPS) is 11.4. The van der Waals surface area contributed by atoms with Crippen LogP contribution in [0.3, 0.4) is 0 Å². The Hall–Kier alpha value is -1.13. The maximum atomic E-state index is 8.49. The summed E-state index contributed by atoms with van der Waals surface area (Å²) in [5.74, 6) is 0. The van der Waals surface area contributed by atoms with Gasteiger partial charge < -0.3 is 0 Å². The van der Waals surface area contributed by atoms with Gasteiger partial charge >= 0.3 is 0 Å². The number of nitrogens with zero attached hydrogens (tertiary/aromatic N) is 2. The molecule has 118 valence electrons. The molecule has 3 aromatic rings. The van der Waals surface area contributed by atoms with E-state index in [-0.39, 0.29) is 0 Å². The molecule has 2 aromatic heterocycles. The van der Waals surface area contributed by atoms with Gasteiger partial charge in [0.25, 0.3) is 0 Å². The minimum Gasteiger partial charge on any atom is -0.242 e. The van der Waals surface area contributed by atoms with Crippen LogP contribution in [0.25, 0.3) is 15.9 Å². The minimum absolute atomic E-state index is 1.10. The van der Waals surface area contributed by atoms with E-state index >= 15 is 0 Å². The molecule has 2 heterocycles. The number of benzene rings is 1. The second kappa shape index (κ2) is 6.55. The van der Waals surface area contributed by atoms with Gasteiger partial charge in [-0.3, -0.25) is 0 Å². The molecule has 0 amide bonds. The average Bonchev–Trinajstić information content (AvgIpc) is 2.88. The summed E-state index contributed by atoms with van der Waals surface area (Å²) in [7, 11) is -4.94. The first-order valence-electron chi connectivity index (χ1n) is 6.11. The number of aryl methyl sites for hydroxylation is 3. The van der Waals surface area contributed by atoms with E-state index in [1.54, 1.807) is 22.7 Å². The first kappa shape index (κ1) is 17.2. The average molecular weight is 361 g/mol. The van der Waals surface area contributed by atoms with Crippen molar-refractivity contribution in [2.24, 2.45) is 0 Å². The van der Waals surface area contributed by atoms with Crippen LogP contribution >= 0.6 is 22.7 Å². The van der Waals surface area contributed by atoms with Crippen molar-refractivity contribution >= 4 is 32.9 Å². The largest absolute Gasteiger partial charge is 0.242 e. The molecule has 0 saturated heterocycles. The van der Waals surface area contributed by atoms with Crippen molar-refractivity contribution in [1.82, 2.24) is 4.98 Å². The van der Waals surface area contributed by atoms with Crippen LogP contribution in [0.4, 0.5) is 0 Å². The molecule has 0 N–H and O–H groups in total. The monoisotopic (exact) mass is 360 g/mol. The van der Waals surface area contributed by atoms with Gasteiger partial charge in [-0.1, -0.05) is 11.3 Å². The summed E-state index contributed by atoms with van der Waals surface area (Å²) in [6, 6.07) is 6.48. The van der Waals surface area contributed by atoms with E-state index in [0.717, 1.165) is 10.5 Å². The molecular weight excluding hydrogens is 348 g/mol. The maximum Gasteiger partial charge on any atom is 0.240 e. The lowest BCUT2D eigenvalue weighted by atomic mass is 10.3. The molecule has 1 aromatic carbocycles. The third kappa shape index (κ3) is 4.43. The standard InChI is InChI=1S/C13H13N2S2.ClHO4/c1-8-7-16-10(3)15(8)11-4-5-12-13(6-11)17-9(2)14-12;2-1(3,4)5/h4-7H,1-3H3;(H,2,3,4,5)/q+1;/p-1. The predicted octanol–water partition coefficient (Wildman–Crippen LogP) is -1.20. The minimum atomic E-state index is -4.94. The molecule has 22 heavy (non-hydrogen) atoms. The summed E-state index contributed by atoms with van der Waals surface area (Å²) in [4.78, 5) is 4.49. The Bertz CT molecular complexity index is 770. The molecule has 6 nitrogen and oxygen atoms in total. The zero-order chi connectivity index (χ0) is 16.5. The van der Waals surface area contributed by atoms with E-state index in [1.807, 2.05) is 0 Å². The maximum absolute atomic E-state index is 8.49. The van der Waals surface area contributed by atoms with E-state index in [2.05, 4.69) is 53.9 Å². The summed E-state index contributed by atoms with van der Waals surface area (Å²) in [6.07, 6.45) is 0. The summed E-state index contributed by atoms with van der Waals surface area (Å²) in [5, 5.41) is 4.63. The van der Waals surface area contributed by atoms with Crippen molar-refractivity contribution in [2.45, 2.75) is 20.8 Å². The molecule has 0 saturated carbocycles. The highest BCUT2D eigenvalue weighted by molar-refractivity contribution is 7.18. The third-order valence-electron chi connectivity index (χ3n) is 2.80. The Morgan fingerprint density at radius 3 is 2.27 bits per heavy atom. The highest BCUT2D eigenvalue weighted by atomic mass is 35.7. The van der Waals surface area contributed by atoms with Crippen LogP contribution in [0.2, 0.25) is 0 Å². The summed E-state index contributed by atoms with van der Waals surface area (Å²) in [5.41, 5.74) is 3.62. The van der Waals surface area contributed by atoms with Crippen LogP contribution in [0.15, 0.2) is 23.6 Å². The second-order valence-corrected chi connectivity index (χ2v) is 7.55. The molecule has 3 rings (SSSR count). The van der Waals surface area contributed by atoms with Gasteiger partial charge in [-0.25, -0.2) is 23.6 Å². The summed E-state index contributed by atoms with van der Waals surface area (Å²) in [6.45, 7) is 6.35. The zero-order valence-corrected chi connectivity index (χ0v) is 14.4. The molecule has 0 spiro atoms. The molecule has 0 aliphatic carbocycles. The van der Waals surface area contributed by atoms with E-state index in [0.29, 0.717) is 0 Å². The molecule has 9 heteroatoms. The Kier molecular flexibility index (Phi) is 5.13. The van der Waals surface area contributed by atoms with Crippen molar-refractivity contribution in [1.29, 1.82) is 0 Å². The third-order valence-corrected chi connectivity index (χ3v) is 4.72. The van der Waals surface area contributed by atoms with Gasteiger partial charge in [-0.2, -0.15) is 4.57 Å². The lowest BCUT2D eigenvalue weighted by Crippen LogP contribution is -2.68. The first-order valence-corrected chi connectivity index (χ1v) is 9.04. The number of halogens is 1. The van der Waals surface area contributed by atoms with Crippen LogP contribution in [-0.2, 0) is 0 Å². The van der Waals surface area contributed by atoms with Crippen LogP contribution in [-0.4, -0.2) is 4.98 Å². The molecule has 0 bridgehead atoms. The topological polar surface area (TPSA) is 109 Å². The highest BCUT2D eigenvalue weighted by Crippen LogP contribution is 2.23. The van der Waals surface area contributed by atoms with Crippen LogP contribution in [0.1, 0.15) is 15.7 Å². The lowest BCUT2D eigenvalue weighted by molar-refractivity contribution is -2.00. The number of hydrogen-bond donors (Lipinski definition) is 0. The zero-order valence-electron chi connectivity index (χ0n) is 12.0. The van der Waals surface area contributed by atoms with Crippen LogP contribution in [0.5, 0.6) is 0 Å². The summed E-state index contributed by atoms with van der Waals surface area (Å²) >= 11 is 3.54. The van der Waals surface area contributed by atoms with Gasteiger partial charge in [0, 0.05) is 26.0 Å². The molecule has 0 aliphatic rings. The smallest absolute Gasteiger partial charge is 0.240 e. The quantitative estimate of drug-likeness (QED) is 0.506. The second-order valence-electron chi connectivity index (χ2n) is 4.49.